The number of rotatable bonds is 3. The van der Waals surface area contributed by atoms with Gasteiger partial charge in [0, 0.05) is 15.4 Å². The molecular formula is C15H11BrO2. The molecule has 3 aromatic rings. The summed E-state index contributed by atoms with van der Waals surface area (Å²) in [7, 11) is 0. The summed E-state index contributed by atoms with van der Waals surface area (Å²) in [5.74, 6) is 0.863. The first-order valence-corrected chi connectivity index (χ1v) is 6.46. The maximum absolute atomic E-state index is 5.72. The second kappa shape index (κ2) is 4.86. The molecule has 1 aromatic heterocycles. The molecule has 0 aliphatic heterocycles. The van der Waals surface area contributed by atoms with Gasteiger partial charge in [0.25, 0.3) is 0 Å². The largest absolute Gasteiger partial charge is 0.489 e. The molecule has 0 fully saturated rings. The van der Waals surface area contributed by atoms with Gasteiger partial charge < -0.3 is 9.15 Å². The molecule has 0 saturated carbocycles. The Kier molecular flexibility index (Phi) is 3.07. The summed E-state index contributed by atoms with van der Waals surface area (Å²) in [5.41, 5.74) is 1.93. The van der Waals surface area contributed by atoms with E-state index in [4.69, 9.17) is 9.15 Å². The molecule has 1 heterocycles. The quantitative estimate of drug-likeness (QED) is 0.695. The van der Waals surface area contributed by atoms with E-state index in [1.807, 2.05) is 48.5 Å². The van der Waals surface area contributed by atoms with Gasteiger partial charge in [-0.3, -0.25) is 0 Å². The fraction of sp³-hybridized carbons (Fsp3) is 0.0667. The highest BCUT2D eigenvalue weighted by molar-refractivity contribution is 9.10. The Morgan fingerprint density at radius 1 is 1.06 bits per heavy atom. The van der Waals surface area contributed by atoms with Crippen LogP contribution in [0, 0.1) is 0 Å². The van der Waals surface area contributed by atoms with Crippen LogP contribution in [0.2, 0.25) is 0 Å². The third kappa shape index (κ3) is 2.27. The Labute approximate surface area is 113 Å². The Bertz CT molecular complexity index is 659. The molecule has 0 radical (unpaired) electrons. The fourth-order valence-corrected chi connectivity index (χ4v) is 2.20. The Morgan fingerprint density at radius 2 is 1.89 bits per heavy atom. The van der Waals surface area contributed by atoms with Crippen LogP contribution in [0.15, 0.2) is 63.7 Å². The maximum atomic E-state index is 5.72. The number of hydrogen-bond donors (Lipinski definition) is 0. The monoisotopic (exact) mass is 302 g/mol. The minimum Gasteiger partial charge on any atom is -0.489 e. The Balaban J connectivity index is 1.85. The number of benzene rings is 2. The number of fused-ring (bicyclic) bond motifs is 1. The molecular weight excluding hydrogens is 292 g/mol. The van der Waals surface area contributed by atoms with E-state index in [1.54, 1.807) is 6.26 Å². The minimum absolute atomic E-state index is 0.507. The molecule has 3 rings (SSSR count). The predicted molar refractivity (Wildman–Crippen MR) is 74.7 cm³/mol. The van der Waals surface area contributed by atoms with Crippen molar-refractivity contribution in [1.29, 1.82) is 0 Å². The maximum Gasteiger partial charge on any atom is 0.134 e. The molecule has 0 atom stereocenters. The van der Waals surface area contributed by atoms with Crippen molar-refractivity contribution in [3.05, 3.63) is 64.8 Å². The first-order valence-electron chi connectivity index (χ1n) is 5.66. The van der Waals surface area contributed by atoms with Gasteiger partial charge in [0.1, 0.15) is 17.9 Å². The molecule has 2 nitrogen and oxygen atoms in total. The standard InChI is InChI=1S/C15H11BrO2/c16-12-6-7-15-14(8-12)11(10-18-15)9-17-13-4-2-1-3-5-13/h1-8,10H,9H2. The number of ether oxygens (including phenoxy) is 1. The van der Waals surface area contributed by atoms with Gasteiger partial charge in [-0.05, 0) is 30.3 Å². The summed E-state index contributed by atoms with van der Waals surface area (Å²) in [6.07, 6.45) is 1.75. The molecule has 0 bridgehead atoms. The van der Waals surface area contributed by atoms with Gasteiger partial charge in [0.2, 0.25) is 0 Å². The lowest BCUT2D eigenvalue weighted by atomic mass is 10.2. The predicted octanol–water partition coefficient (Wildman–Crippen LogP) is 4.77. The summed E-state index contributed by atoms with van der Waals surface area (Å²) in [5, 5.41) is 1.08. The van der Waals surface area contributed by atoms with Gasteiger partial charge in [-0.1, -0.05) is 34.1 Å². The number of halogens is 1. The normalized spacial score (nSPS) is 10.7. The number of furan rings is 1. The van der Waals surface area contributed by atoms with E-state index in [1.165, 1.54) is 0 Å². The van der Waals surface area contributed by atoms with Crippen molar-refractivity contribution in [3.8, 4) is 5.75 Å². The highest BCUT2D eigenvalue weighted by atomic mass is 79.9. The molecule has 0 aliphatic carbocycles. The van der Waals surface area contributed by atoms with E-state index >= 15 is 0 Å². The molecule has 0 N–H and O–H groups in total. The highest BCUT2D eigenvalue weighted by Gasteiger charge is 2.06. The summed E-state index contributed by atoms with van der Waals surface area (Å²) in [6.45, 7) is 0.507. The lowest BCUT2D eigenvalue weighted by molar-refractivity contribution is 0.306. The molecule has 90 valence electrons. The van der Waals surface area contributed by atoms with Crippen LogP contribution in [0.3, 0.4) is 0 Å². The van der Waals surface area contributed by atoms with Gasteiger partial charge >= 0.3 is 0 Å². The second-order valence-electron chi connectivity index (χ2n) is 4.00. The zero-order valence-corrected chi connectivity index (χ0v) is 11.2. The Morgan fingerprint density at radius 3 is 2.72 bits per heavy atom. The number of hydrogen-bond acceptors (Lipinski definition) is 2. The first kappa shape index (κ1) is 11.4. The molecule has 3 heteroatoms. The molecule has 0 spiro atoms. The second-order valence-corrected chi connectivity index (χ2v) is 4.92. The van der Waals surface area contributed by atoms with Crippen LogP contribution in [-0.4, -0.2) is 0 Å². The topological polar surface area (TPSA) is 22.4 Å². The van der Waals surface area contributed by atoms with E-state index in [9.17, 15) is 0 Å². The highest BCUT2D eigenvalue weighted by Crippen LogP contribution is 2.25. The van der Waals surface area contributed by atoms with E-state index in [2.05, 4.69) is 15.9 Å². The van der Waals surface area contributed by atoms with Crippen LogP contribution in [0.25, 0.3) is 11.0 Å². The van der Waals surface area contributed by atoms with Gasteiger partial charge in [-0.2, -0.15) is 0 Å². The third-order valence-electron chi connectivity index (χ3n) is 2.75. The van der Waals surface area contributed by atoms with Crippen molar-refractivity contribution in [1.82, 2.24) is 0 Å². The van der Waals surface area contributed by atoms with Gasteiger partial charge in [0.05, 0.1) is 6.26 Å². The molecule has 0 aliphatic rings. The molecule has 0 unspecified atom stereocenters. The summed E-state index contributed by atoms with van der Waals surface area (Å²) in [6, 6.07) is 15.7. The van der Waals surface area contributed by atoms with E-state index < -0.39 is 0 Å². The minimum atomic E-state index is 0.507. The van der Waals surface area contributed by atoms with Gasteiger partial charge in [-0.15, -0.1) is 0 Å². The van der Waals surface area contributed by atoms with Crippen LogP contribution in [0.4, 0.5) is 0 Å². The van der Waals surface area contributed by atoms with Crippen molar-refractivity contribution in [2.75, 3.05) is 0 Å². The molecule has 0 amide bonds. The van der Waals surface area contributed by atoms with Crippen molar-refractivity contribution in [3.63, 3.8) is 0 Å². The van der Waals surface area contributed by atoms with E-state index in [-0.39, 0.29) is 0 Å². The zero-order valence-electron chi connectivity index (χ0n) is 9.60. The number of para-hydroxylation sites is 1. The van der Waals surface area contributed by atoms with Crippen molar-refractivity contribution in [2.24, 2.45) is 0 Å². The summed E-state index contributed by atoms with van der Waals surface area (Å²) >= 11 is 3.46. The van der Waals surface area contributed by atoms with Crippen LogP contribution in [0.5, 0.6) is 5.75 Å². The summed E-state index contributed by atoms with van der Waals surface area (Å²) in [4.78, 5) is 0. The average Bonchev–Trinajstić information content (AvgIpc) is 2.80. The van der Waals surface area contributed by atoms with Crippen LogP contribution >= 0.6 is 15.9 Å². The van der Waals surface area contributed by atoms with Gasteiger partial charge in [-0.25, -0.2) is 0 Å². The van der Waals surface area contributed by atoms with Gasteiger partial charge in [0.15, 0.2) is 0 Å². The van der Waals surface area contributed by atoms with Crippen molar-refractivity contribution < 1.29 is 9.15 Å². The zero-order chi connectivity index (χ0) is 12.4. The summed E-state index contributed by atoms with van der Waals surface area (Å²) < 4.78 is 12.3. The lowest BCUT2D eigenvalue weighted by Gasteiger charge is -2.04. The SMILES string of the molecule is Brc1ccc2occ(COc3ccccc3)c2c1. The lowest BCUT2D eigenvalue weighted by Crippen LogP contribution is -1.93. The fourth-order valence-electron chi connectivity index (χ4n) is 1.84. The van der Waals surface area contributed by atoms with Crippen LogP contribution in [0.1, 0.15) is 5.56 Å². The average molecular weight is 303 g/mol. The van der Waals surface area contributed by atoms with Crippen LogP contribution in [-0.2, 0) is 6.61 Å². The third-order valence-corrected chi connectivity index (χ3v) is 3.25. The van der Waals surface area contributed by atoms with E-state index in [0.717, 1.165) is 26.8 Å². The van der Waals surface area contributed by atoms with Crippen molar-refractivity contribution in [2.45, 2.75) is 6.61 Å². The first-order chi connectivity index (χ1) is 8.83. The van der Waals surface area contributed by atoms with Crippen molar-refractivity contribution >= 4 is 26.9 Å². The smallest absolute Gasteiger partial charge is 0.134 e. The molecule has 18 heavy (non-hydrogen) atoms. The van der Waals surface area contributed by atoms with Crippen LogP contribution < -0.4 is 4.74 Å². The Hall–Kier alpha value is -1.74. The molecule has 0 saturated heterocycles. The molecule has 2 aromatic carbocycles. The van der Waals surface area contributed by atoms with E-state index in [0.29, 0.717) is 6.61 Å².